The van der Waals surface area contributed by atoms with E-state index in [9.17, 15) is 29.7 Å². The minimum Gasteiger partial charge on any atom is -0.466 e. The van der Waals surface area contributed by atoms with Crippen LogP contribution in [-0.2, 0) is 19.1 Å². The number of ether oxygens (including phenoxy) is 1. The van der Waals surface area contributed by atoms with Gasteiger partial charge >= 0.3 is 5.97 Å². The molecule has 0 amide bonds. The molecule has 0 heterocycles. The molecule has 0 saturated heterocycles. The molecule has 4 rings (SSSR count). The van der Waals surface area contributed by atoms with Crippen LogP contribution in [0, 0.1) is 28.6 Å². The van der Waals surface area contributed by atoms with E-state index in [0.717, 1.165) is 37.7 Å². The van der Waals surface area contributed by atoms with Gasteiger partial charge in [-0.05, 0) is 62.5 Å². The number of ketones is 2. The van der Waals surface area contributed by atoms with E-state index in [4.69, 9.17) is 0 Å². The van der Waals surface area contributed by atoms with Gasteiger partial charge in [-0.25, -0.2) is 0 Å². The first-order chi connectivity index (χ1) is 15.9. The van der Waals surface area contributed by atoms with Crippen molar-refractivity contribution in [1.82, 2.24) is 0 Å². The lowest BCUT2D eigenvalue weighted by Gasteiger charge is -2.59. The fourth-order valence-electron chi connectivity index (χ4n) is 7.28. The number of aliphatic hydroxyl groups is 3. The fourth-order valence-corrected chi connectivity index (χ4v) is 7.28. The van der Waals surface area contributed by atoms with Gasteiger partial charge in [-0.3, -0.25) is 14.4 Å². The largest absolute Gasteiger partial charge is 0.466 e. The topological polar surface area (TPSA) is 121 Å². The van der Waals surface area contributed by atoms with Gasteiger partial charge in [0.05, 0.1) is 12.7 Å². The second kappa shape index (κ2) is 10.0. The third-order valence-corrected chi connectivity index (χ3v) is 9.06. The Labute approximate surface area is 202 Å². The summed E-state index contributed by atoms with van der Waals surface area (Å²) in [5.74, 6) is -0.409. The number of carbonyl (C=O) groups is 3. The summed E-state index contributed by atoms with van der Waals surface area (Å²) in [6, 6.07) is 0. The second-order valence-electron chi connectivity index (χ2n) is 10.9. The maximum atomic E-state index is 12.4. The lowest BCUT2D eigenvalue weighted by molar-refractivity contribution is -0.178. The number of hydrogen-bond acceptors (Lipinski definition) is 7. The number of unbranched alkanes of at least 4 members (excludes halogenated alkanes) is 1. The molecule has 4 aliphatic carbocycles. The maximum Gasteiger partial charge on any atom is 0.302 e. The van der Waals surface area contributed by atoms with Crippen molar-refractivity contribution in [2.75, 3.05) is 13.2 Å². The standard InChI is InChI=1S/C21H28O5.C6H12O2/c1-19-7-5-13(23)9-12(19)3-4-14-15-6-8-21(26,17(25)11-22)20(15,2)10-16(24)18(14)19;1-3-4-5-8-6(2)7/h5,7,9,14-16,18,22,24,26H,3-4,6,8,10-11H2,1-2H3;3-5H2,1-2H3/t14-,15-,16-,18+,19-,20-,21-;/m0./s1. The van der Waals surface area contributed by atoms with Crippen LogP contribution in [0.4, 0.5) is 0 Å². The van der Waals surface area contributed by atoms with Crippen molar-refractivity contribution in [3.8, 4) is 0 Å². The third kappa shape index (κ3) is 4.42. The molecule has 0 aromatic heterocycles. The molecular weight excluding hydrogens is 436 g/mol. The first-order valence-electron chi connectivity index (χ1n) is 12.6. The normalized spacial score (nSPS) is 40.2. The molecule has 0 aromatic rings. The van der Waals surface area contributed by atoms with E-state index in [1.807, 2.05) is 13.0 Å². The van der Waals surface area contributed by atoms with Crippen molar-refractivity contribution in [3.63, 3.8) is 0 Å². The summed E-state index contributed by atoms with van der Waals surface area (Å²) in [6.45, 7) is 7.40. The number of Topliss-reactive ketones (excluding diaryl/α,β-unsaturated/α-hetero) is 1. The molecule has 0 radical (unpaired) electrons. The number of fused-ring (bicyclic) bond motifs is 5. The summed E-state index contributed by atoms with van der Waals surface area (Å²) in [7, 11) is 0. The SMILES string of the molecule is CCCCOC(C)=O.C[C@]12C=CC(=O)C=C1CC[C@@H]1[C@@H]2[C@@H](O)C[C@@]2(C)[C@H]1CC[C@]2(O)C(=O)CO. The Morgan fingerprint density at radius 3 is 2.56 bits per heavy atom. The highest BCUT2D eigenvalue weighted by molar-refractivity contribution is 6.01. The molecule has 0 spiro atoms. The van der Waals surface area contributed by atoms with Gasteiger partial charge in [-0.1, -0.05) is 38.8 Å². The van der Waals surface area contributed by atoms with Gasteiger partial charge in [0.15, 0.2) is 11.6 Å². The zero-order valence-corrected chi connectivity index (χ0v) is 20.9. The summed E-state index contributed by atoms with van der Waals surface area (Å²) in [6.07, 6.45) is 9.73. The van der Waals surface area contributed by atoms with Crippen LogP contribution in [-0.4, -0.2) is 57.8 Å². The zero-order valence-electron chi connectivity index (χ0n) is 20.9. The molecule has 7 nitrogen and oxygen atoms in total. The molecule has 3 fully saturated rings. The van der Waals surface area contributed by atoms with Crippen molar-refractivity contribution < 1.29 is 34.4 Å². The zero-order chi connectivity index (χ0) is 25.3. The van der Waals surface area contributed by atoms with E-state index in [1.54, 1.807) is 12.2 Å². The molecule has 0 bridgehead atoms. The van der Waals surface area contributed by atoms with Crippen LogP contribution in [0.5, 0.6) is 0 Å². The molecule has 34 heavy (non-hydrogen) atoms. The lowest BCUT2D eigenvalue weighted by atomic mass is 9.46. The first-order valence-corrected chi connectivity index (χ1v) is 12.6. The Bertz CT molecular complexity index is 876. The highest BCUT2D eigenvalue weighted by Gasteiger charge is 2.67. The summed E-state index contributed by atoms with van der Waals surface area (Å²) in [5.41, 5.74) is -1.54. The number of aliphatic hydroxyl groups excluding tert-OH is 2. The van der Waals surface area contributed by atoms with E-state index in [1.165, 1.54) is 6.92 Å². The van der Waals surface area contributed by atoms with Crippen LogP contribution in [0.15, 0.2) is 23.8 Å². The summed E-state index contributed by atoms with van der Waals surface area (Å²) in [4.78, 5) is 34.3. The molecule has 190 valence electrons. The smallest absolute Gasteiger partial charge is 0.302 e. The summed E-state index contributed by atoms with van der Waals surface area (Å²) in [5, 5.41) is 31.7. The van der Waals surface area contributed by atoms with Gasteiger partial charge in [-0.2, -0.15) is 0 Å². The lowest BCUT2D eigenvalue weighted by Crippen LogP contribution is -2.61. The van der Waals surface area contributed by atoms with E-state index in [-0.39, 0.29) is 34.9 Å². The Morgan fingerprint density at radius 1 is 1.24 bits per heavy atom. The van der Waals surface area contributed by atoms with Crippen LogP contribution >= 0.6 is 0 Å². The van der Waals surface area contributed by atoms with Gasteiger partial charge in [-0.15, -0.1) is 0 Å². The Hall–Kier alpha value is -1.83. The molecule has 0 aliphatic heterocycles. The number of carbonyl (C=O) groups excluding carboxylic acids is 3. The van der Waals surface area contributed by atoms with Gasteiger partial charge in [0.2, 0.25) is 0 Å². The van der Waals surface area contributed by atoms with E-state index in [2.05, 4.69) is 18.6 Å². The van der Waals surface area contributed by atoms with Crippen LogP contribution in [0.1, 0.15) is 72.6 Å². The molecule has 0 aromatic carbocycles. The van der Waals surface area contributed by atoms with Crippen LogP contribution in [0.25, 0.3) is 0 Å². The number of rotatable bonds is 5. The van der Waals surface area contributed by atoms with Gasteiger partial charge < -0.3 is 20.1 Å². The average Bonchev–Trinajstić information content (AvgIpc) is 3.05. The number of allylic oxidation sites excluding steroid dienone is 4. The van der Waals surface area contributed by atoms with Crippen LogP contribution in [0.3, 0.4) is 0 Å². The highest BCUT2D eigenvalue weighted by Crippen LogP contribution is 2.67. The molecular formula is C27H40O7. The molecule has 3 N–H and O–H groups in total. The van der Waals surface area contributed by atoms with Gasteiger partial charge in [0.1, 0.15) is 12.2 Å². The van der Waals surface area contributed by atoms with Gasteiger partial charge in [0, 0.05) is 23.7 Å². The molecule has 3 saturated carbocycles. The molecule has 7 heteroatoms. The van der Waals surface area contributed by atoms with E-state index >= 15 is 0 Å². The van der Waals surface area contributed by atoms with Crippen molar-refractivity contribution in [2.24, 2.45) is 28.6 Å². The first kappa shape index (κ1) is 26.8. The summed E-state index contributed by atoms with van der Waals surface area (Å²) >= 11 is 0. The molecule has 4 aliphatic rings. The predicted molar refractivity (Wildman–Crippen MR) is 127 cm³/mol. The minimum absolute atomic E-state index is 0.00912. The monoisotopic (exact) mass is 476 g/mol. The third-order valence-electron chi connectivity index (χ3n) is 9.06. The maximum absolute atomic E-state index is 12.4. The molecule has 0 unspecified atom stereocenters. The van der Waals surface area contributed by atoms with Crippen LogP contribution < -0.4 is 0 Å². The average molecular weight is 477 g/mol. The fraction of sp³-hybridized carbons (Fsp3) is 0.741. The molecule has 7 atom stereocenters. The Morgan fingerprint density at radius 2 is 1.94 bits per heavy atom. The number of hydrogen-bond donors (Lipinski definition) is 3. The quantitative estimate of drug-likeness (QED) is 0.412. The van der Waals surface area contributed by atoms with Crippen molar-refractivity contribution in [1.29, 1.82) is 0 Å². The Kier molecular flexibility index (Phi) is 7.90. The highest BCUT2D eigenvalue weighted by atomic mass is 16.5. The minimum atomic E-state index is -1.56. The van der Waals surface area contributed by atoms with Crippen molar-refractivity contribution in [2.45, 2.75) is 84.3 Å². The van der Waals surface area contributed by atoms with Crippen LogP contribution in [0.2, 0.25) is 0 Å². The van der Waals surface area contributed by atoms with Crippen molar-refractivity contribution in [3.05, 3.63) is 23.8 Å². The predicted octanol–water partition coefficient (Wildman–Crippen LogP) is 2.91. The summed E-state index contributed by atoms with van der Waals surface area (Å²) < 4.78 is 4.64. The van der Waals surface area contributed by atoms with Gasteiger partial charge in [0.25, 0.3) is 0 Å². The Balaban J connectivity index is 0.000000350. The van der Waals surface area contributed by atoms with E-state index < -0.39 is 29.5 Å². The second-order valence-corrected chi connectivity index (χ2v) is 10.9. The van der Waals surface area contributed by atoms with Crippen molar-refractivity contribution >= 4 is 17.5 Å². The van der Waals surface area contributed by atoms with E-state index in [0.29, 0.717) is 19.4 Å². The number of esters is 1.